The van der Waals surface area contributed by atoms with Gasteiger partial charge in [0.05, 0.1) is 6.20 Å². The summed E-state index contributed by atoms with van der Waals surface area (Å²) in [5.41, 5.74) is 0.969. The van der Waals surface area contributed by atoms with E-state index in [1.165, 1.54) is 0 Å². The molecule has 0 aliphatic heterocycles. The molecule has 0 aliphatic carbocycles. The van der Waals surface area contributed by atoms with Crippen molar-refractivity contribution in [2.24, 2.45) is 0 Å². The van der Waals surface area contributed by atoms with Gasteiger partial charge in [-0.25, -0.2) is 4.98 Å². The van der Waals surface area contributed by atoms with Crippen LogP contribution in [0.1, 0.15) is 0 Å². The molecule has 0 fully saturated rings. The van der Waals surface area contributed by atoms with Crippen molar-refractivity contribution in [1.82, 2.24) is 9.38 Å². The number of nitrogens with one attached hydrogen (secondary N) is 1. The molecule has 0 aromatic carbocycles. The summed E-state index contributed by atoms with van der Waals surface area (Å²) in [4.78, 5) is 4.28. The molecule has 0 atom stereocenters. The third-order valence-corrected chi connectivity index (χ3v) is 1.62. The van der Waals surface area contributed by atoms with E-state index < -0.39 is 0 Å². The predicted molar refractivity (Wildman–Crippen MR) is 44.7 cm³/mol. The number of imidazole rings is 1. The minimum absolute atomic E-state index is 0.899. The maximum absolute atomic E-state index is 4.28. The van der Waals surface area contributed by atoms with Crippen LogP contribution in [-0.2, 0) is 0 Å². The highest BCUT2D eigenvalue weighted by Crippen LogP contribution is 2.07. The fourth-order valence-electron chi connectivity index (χ4n) is 1.06. The van der Waals surface area contributed by atoms with Crippen molar-refractivity contribution >= 4 is 11.5 Å². The van der Waals surface area contributed by atoms with Crippen LogP contribution in [0.15, 0.2) is 30.6 Å². The Morgan fingerprint density at radius 3 is 3.09 bits per heavy atom. The lowest BCUT2D eigenvalue weighted by molar-refractivity contribution is 1.19. The van der Waals surface area contributed by atoms with E-state index in [0.29, 0.717) is 0 Å². The molecule has 0 aliphatic rings. The van der Waals surface area contributed by atoms with Crippen molar-refractivity contribution in [3.63, 3.8) is 0 Å². The highest BCUT2D eigenvalue weighted by Gasteiger charge is 1.95. The van der Waals surface area contributed by atoms with Crippen molar-refractivity contribution in [3.05, 3.63) is 30.6 Å². The smallest absolute Gasteiger partial charge is 0.145 e. The second-order valence-electron chi connectivity index (χ2n) is 2.34. The van der Waals surface area contributed by atoms with Crippen molar-refractivity contribution < 1.29 is 0 Å². The highest BCUT2D eigenvalue weighted by molar-refractivity contribution is 5.47. The van der Waals surface area contributed by atoms with Gasteiger partial charge in [-0.3, -0.25) is 0 Å². The van der Waals surface area contributed by atoms with Gasteiger partial charge < -0.3 is 9.72 Å². The molecule has 2 heterocycles. The average molecular weight is 147 g/mol. The highest BCUT2D eigenvalue weighted by atomic mass is 15.1. The van der Waals surface area contributed by atoms with E-state index in [9.17, 15) is 0 Å². The SMILES string of the molecule is CNc1cn2ccccc2n1. The van der Waals surface area contributed by atoms with E-state index in [-0.39, 0.29) is 0 Å². The molecule has 0 radical (unpaired) electrons. The molecule has 2 aromatic heterocycles. The summed E-state index contributed by atoms with van der Waals surface area (Å²) >= 11 is 0. The summed E-state index contributed by atoms with van der Waals surface area (Å²) in [5, 5.41) is 2.98. The van der Waals surface area contributed by atoms with Gasteiger partial charge in [-0.1, -0.05) is 6.07 Å². The zero-order chi connectivity index (χ0) is 7.68. The number of hydrogen-bond acceptors (Lipinski definition) is 2. The molecule has 0 saturated carbocycles. The third kappa shape index (κ3) is 0.941. The van der Waals surface area contributed by atoms with Crippen LogP contribution in [-0.4, -0.2) is 16.4 Å². The van der Waals surface area contributed by atoms with Gasteiger partial charge >= 0.3 is 0 Å². The molecule has 0 spiro atoms. The lowest BCUT2D eigenvalue weighted by Gasteiger charge is -1.86. The maximum Gasteiger partial charge on any atom is 0.145 e. The minimum Gasteiger partial charge on any atom is -0.372 e. The predicted octanol–water partition coefficient (Wildman–Crippen LogP) is 1.38. The second-order valence-corrected chi connectivity index (χ2v) is 2.34. The van der Waals surface area contributed by atoms with E-state index in [2.05, 4.69) is 10.3 Å². The van der Waals surface area contributed by atoms with E-state index in [1.807, 2.05) is 42.0 Å². The van der Waals surface area contributed by atoms with Crippen molar-refractivity contribution in [2.75, 3.05) is 12.4 Å². The van der Waals surface area contributed by atoms with Crippen molar-refractivity contribution in [1.29, 1.82) is 0 Å². The Kier molecular flexibility index (Phi) is 1.28. The third-order valence-electron chi connectivity index (χ3n) is 1.62. The number of rotatable bonds is 1. The van der Waals surface area contributed by atoms with E-state index in [4.69, 9.17) is 0 Å². The lowest BCUT2D eigenvalue weighted by atomic mass is 10.5. The van der Waals surface area contributed by atoms with Gasteiger partial charge in [-0.05, 0) is 12.1 Å². The molecule has 0 amide bonds. The molecule has 3 nitrogen and oxygen atoms in total. The Hall–Kier alpha value is -1.51. The molecular weight excluding hydrogens is 138 g/mol. The van der Waals surface area contributed by atoms with E-state index in [0.717, 1.165) is 11.5 Å². The average Bonchev–Trinajstić information content (AvgIpc) is 2.46. The topological polar surface area (TPSA) is 29.3 Å². The Bertz CT molecular complexity index is 331. The first-order chi connectivity index (χ1) is 5.40. The van der Waals surface area contributed by atoms with Crippen LogP contribution in [0.25, 0.3) is 5.65 Å². The van der Waals surface area contributed by atoms with Crippen LogP contribution in [0.5, 0.6) is 0 Å². The molecule has 0 unspecified atom stereocenters. The standard InChI is InChI=1S/C8H9N3/c1-9-7-6-11-5-3-2-4-8(11)10-7/h2-6,9H,1H3. The summed E-state index contributed by atoms with van der Waals surface area (Å²) in [6.45, 7) is 0. The van der Waals surface area contributed by atoms with Crippen LogP contribution in [0.4, 0.5) is 5.82 Å². The van der Waals surface area contributed by atoms with Crippen molar-refractivity contribution in [2.45, 2.75) is 0 Å². The number of hydrogen-bond donors (Lipinski definition) is 1. The Balaban J connectivity index is 2.69. The van der Waals surface area contributed by atoms with Crippen molar-refractivity contribution in [3.8, 4) is 0 Å². The van der Waals surface area contributed by atoms with Crippen LogP contribution in [0.3, 0.4) is 0 Å². The number of pyridine rings is 1. The summed E-state index contributed by atoms with van der Waals surface area (Å²) in [5.74, 6) is 0.899. The Morgan fingerprint density at radius 2 is 2.36 bits per heavy atom. The van der Waals surface area contributed by atoms with Crippen LogP contribution >= 0.6 is 0 Å². The molecule has 2 aromatic rings. The number of aromatic nitrogens is 2. The second kappa shape index (κ2) is 2.27. The molecule has 11 heavy (non-hydrogen) atoms. The van der Waals surface area contributed by atoms with E-state index >= 15 is 0 Å². The lowest BCUT2D eigenvalue weighted by Crippen LogP contribution is -1.85. The first-order valence-electron chi connectivity index (χ1n) is 3.51. The number of anilines is 1. The van der Waals surface area contributed by atoms with E-state index in [1.54, 1.807) is 0 Å². The van der Waals surface area contributed by atoms with Gasteiger partial charge in [-0.15, -0.1) is 0 Å². The summed E-state index contributed by atoms with van der Waals surface area (Å²) in [7, 11) is 1.86. The fourth-order valence-corrected chi connectivity index (χ4v) is 1.06. The largest absolute Gasteiger partial charge is 0.372 e. The molecule has 0 bridgehead atoms. The monoisotopic (exact) mass is 147 g/mol. The molecule has 2 rings (SSSR count). The Morgan fingerprint density at radius 1 is 1.45 bits per heavy atom. The molecule has 1 N–H and O–H groups in total. The van der Waals surface area contributed by atoms with Gasteiger partial charge in [0.1, 0.15) is 11.5 Å². The van der Waals surface area contributed by atoms with Gasteiger partial charge in [-0.2, -0.15) is 0 Å². The summed E-state index contributed by atoms with van der Waals surface area (Å²) in [6, 6.07) is 5.93. The van der Waals surface area contributed by atoms with Gasteiger partial charge in [0.2, 0.25) is 0 Å². The summed E-state index contributed by atoms with van der Waals surface area (Å²) < 4.78 is 1.98. The minimum atomic E-state index is 0.899. The first-order valence-corrected chi connectivity index (χ1v) is 3.51. The van der Waals surface area contributed by atoms with Gasteiger partial charge in [0.15, 0.2) is 0 Å². The van der Waals surface area contributed by atoms with Gasteiger partial charge in [0, 0.05) is 13.2 Å². The van der Waals surface area contributed by atoms with Gasteiger partial charge in [0.25, 0.3) is 0 Å². The molecule has 0 saturated heterocycles. The first kappa shape index (κ1) is 6.22. The number of nitrogens with zero attached hydrogens (tertiary/aromatic N) is 2. The molecular formula is C8H9N3. The molecule has 56 valence electrons. The van der Waals surface area contributed by atoms with Crippen LogP contribution in [0, 0.1) is 0 Å². The zero-order valence-corrected chi connectivity index (χ0v) is 6.28. The zero-order valence-electron chi connectivity index (χ0n) is 6.28. The number of fused-ring (bicyclic) bond motifs is 1. The quantitative estimate of drug-likeness (QED) is 0.660. The normalized spacial score (nSPS) is 10.3. The summed E-state index contributed by atoms with van der Waals surface area (Å²) in [6.07, 6.45) is 3.93. The fraction of sp³-hybridized carbons (Fsp3) is 0.125. The maximum atomic E-state index is 4.28. The molecule has 3 heteroatoms. The van der Waals surface area contributed by atoms with Crippen LogP contribution < -0.4 is 5.32 Å². The Labute approximate surface area is 64.7 Å². The van der Waals surface area contributed by atoms with Crippen LogP contribution in [0.2, 0.25) is 0 Å².